The molecule has 3 atom stereocenters. The molecular weight excluding hydrogens is 328 g/mol. The maximum Gasteiger partial charge on any atom is 0.0925 e. The normalized spacial score (nSPS) is 29.2. The standard InChI is InChI=1S/C15H20BrClO2/c1-10-7-14(8-11(2)18-10)19-15(9-16)12-3-5-13(17)6-4-12/h3-6,10-11,14-15H,7-9H2,1-2H3. The molecule has 0 spiro atoms. The first-order valence-corrected chi connectivity index (χ1v) is 8.20. The summed E-state index contributed by atoms with van der Waals surface area (Å²) in [4.78, 5) is 0. The van der Waals surface area contributed by atoms with Gasteiger partial charge in [-0.25, -0.2) is 0 Å². The Morgan fingerprint density at radius 1 is 1.26 bits per heavy atom. The molecule has 0 aliphatic carbocycles. The number of ether oxygens (including phenoxy) is 2. The molecule has 0 radical (unpaired) electrons. The molecular formula is C15H20BrClO2. The lowest BCUT2D eigenvalue weighted by molar-refractivity contribution is -0.118. The minimum Gasteiger partial charge on any atom is -0.375 e. The Hall–Kier alpha value is -0.0900. The lowest BCUT2D eigenvalue weighted by atomic mass is 10.0. The highest BCUT2D eigenvalue weighted by Gasteiger charge is 2.27. The van der Waals surface area contributed by atoms with Crippen LogP contribution in [0.4, 0.5) is 0 Å². The summed E-state index contributed by atoms with van der Waals surface area (Å²) >= 11 is 9.46. The molecule has 3 unspecified atom stereocenters. The van der Waals surface area contributed by atoms with Gasteiger partial charge < -0.3 is 9.47 Å². The maximum absolute atomic E-state index is 6.24. The molecule has 1 fully saturated rings. The molecule has 2 rings (SSSR count). The van der Waals surface area contributed by atoms with Crippen LogP contribution in [0, 0.1) is 0 Å². The average Bonchev–Trinajstić information content (AvgIpc) is 2.36. The predicted octanol–water partition coefficient (Wildman–Crippen LogP) is 4.75. The van der Waals surface area contributed by atoms with E-state index in [1.165, 1.54) is 0 Å². The third-order valence-corrected chi connectivity index (χ3v) is 4.23. The van der Waals surface area contributed by atoms with Crippen LogP contribution < -0.4 is 0 Å². The molecule has 0 amide bonds. The van der Waals surface area contributed by atoms with E-state index in [0.717, 1.165) is 28.8 Å². The fourth-order valence-corrected chi connectivity index (χ4v) is 3.22. The highest BCUT2D eigenvalue weighted by atomic mass is 79.9. The van der Waals surface area contributed by atoms with Crippen molar-refractivity contribution >= 4 is 27.5 Å². The van der Waals surface area contributed by atoms with Crippen molar-refractivity contribution in [3.8, 4) is 0 Å². The van der Waals surface area contributed by atoms with E-state index < -0.39 is 0 Å². The molecule has 19 heavy (non-hydrogen) atoms. The molecule has 1 aliphatic heterocycles. The van der Waals surface area contributed by atoms with Crippen LogP contribution in [0.1, 0.15) is 38.4 Å². The number of alkyl halides is 1. The highest BCUT2D eigenvalue weighted by molar-refractivity contribution is 9.09. The second kappa shape index (κ2) is 7.07. The monoisotopic (exact) mass is 346 g/mol. The van der Waals surface area contributed by atoms with E-state index in [-0.39, 0.29) is 24.4 Å². The molecule has 1 aliphatic rings. The lowest BCUT2D eigenvalue weighted by Gasteiger charge is -2.34. The topological polar surface area (TPSA) is 18.5 Å². The summed E-state index contributed by atoms with van der Waals surface area (Å²) in [6.45, 7) is 4.22. The van der Waals surface area contributed by atoms with E-state index >= 15 is 0 Å². The van der Waals surface area contributed by atoms with Crippen LogP contribution in [0.15, 0.2) is 24.3 Å². The van der Waals surface area contributed by atoms with Crippen LogP contribution in [0.5, 0.6) is 0 Å². The number of benzene rings is 1. The van der Waals surface area contributed by atoms with Gasteiger partial charge >= 0.3 is 0 Å². The molecule has 106 valence electrons. The number of rotatable bonds is 4. The molecule has 1 heterocycles. The Bertz CT molecular complexity index is 386. The van der Waals surface area contributed by atoms with E-state index in [2.05, 4.69) is 29.8 Å². The second-order valence-electron chi connectivity index (χ2n) is 5.18. The van der Waals surface area contributed by atoms with Crippen LogP contribution in [0.3, 0.4) is 0 Å². The van der Waals surface area contributed by atoms with Gasteiger partial charge in [-0.2, -0.15) is 0 Å². The first-order valence-electron chi connectivity index (χ1n) is 6.71. The summed E-state index contributed by atoms with van der Waals surface area (Å²) < 4.78 is 12.0. The van der Waals surface area contributed by atoms with Crippen molar-refractivity contribution in [1.82, 2.24) is 0 Å². The van der Waals surface area contributed by atoms with E-state index in [4.69, 9.17) is 21.1 Å². The summed E-state index contributed by atoms with van der Waals surface area (Å²) in [6.07, 6.45) is 2.80. The molecule has 0 saturated carbocycles. The number of halogens is 2. The van der Waals surface area contributed by atoms with E-state index in [1.807, 2.05) is 24.3 Å². The number of hydrogen-bond acceptors (Lipinski definition) is 2. The smallest absolute Gasteiger partial charge is 0.0925 e. The Labute approximate surface area is 128 Å². The van der Waals surface area contributed by atoms with Gasteiger partial charge in [0.2, 0.25) is 0 Å². The zero-order valence-corrected chi connectivity index (χ0v) is 13.7. The van der Waals surface area contributed by atoms with Crippen molar-refractivity contribution in [3.05, 3.63) is 34.9 Å². The van der Waals surface area contributed by atoms with Gasteiger partial charge in [-0.15, -0.1) is 0 Å². The second-order valence-corrected chi connectivity index (χ2v) is 6.27. The summed E-state index contributed by atoms with van der Waals surface area (Å²) in [7, 11) is 0. The summed E-state index contributed by atoms with van der Waals surface area (Å²) in [5, 5.41) is 1.54. The van der Waals surface area contributed by atoms with Gasteiger partial charge in [-0.3, -0.25) is 0 Å². The average molecular weight is 348 g/mol. The van der Waals surface area contributed by atoms with Crippen molar-refractivity contribution in [2.24, 2.45) is 0 Å². The quantitative estimate of drug-likeness (QED) is 0.732. The van der Waals surface area contributed by atoms with E-state index in [0.29, 0.717) is 0 Å². The van der Waals surface area contributed by atoms with E-state index in [9.17, 15) is 0 Å². The van der Waals surface area contributed by atoms with Crippen LogP contribution in [0.2, 0.25) is 5.02 Å². The first-order chi connectivity index (χ1) is 9.08. The van der Waals surface area contributed by atoms with Gasteiger partial charge in [-0.05, 0) is 44.4 Å². The largest absolute Gasteiger partial charge is 0.375 e. The Balaban J connectivity index is 2.00. The first kappa shape index (κ1) is 15.3. The lowest BCUT2D eigenvalue weighted by Crippen LogP contribution is -2.35. The summed E-state index contributed by atoms with van der Waals surface area (Å²) in [6, 6.07) is 7.87. The maximum atomic E-state index is 6.24. The number of hydrogen-bond donors (Lipinski definition) is 0. The van der Waals surface area contributed by atoms with Crippen molar-refractivity contribution in [3.63, 3.8) is 0 Å². The minimum absolute atomic E-state index is 0.0692. The van der Waals surface area contributed by atoms with Gasteiger partial charge in [-0.1, -0.05) is 39.7 Å². The molecule has 1 aromatic carbocycles. The molecule has 0 N–H and O–H groups in total. The highest BCUT2D eigenvalue weighted by Crippen LogP contribution is 2.29. The summed E-state index contributed by atoms with van der Waals surface area (Å²) in [5.41, 5.74) is 1.16. The third kappa shape index (κ3) is 4.45. The van der Waals surface area contributed by atoms with Gasteiger partial charge in [0.05, 0.1) is 24.4 Å². The fraction of sp³-hybridized carbons (Fsp3) is 0.600. The molecule has 2 nitrogen and oxygen atoms in total. The Kier molecular flexibility index (Phi) is 5.70. The van der Waals surface area contributed by atoms with Crippen LogP contribution in [0.25, 0.3) is 0 Å². The zero-order chi connectivity index (χ0) is 13.8. The van der Waals surface area contributed by atoms with Crippen LogP contribution >= 0.6 is 27.5 Å². The predicted molar refractivity (Wildman–Crippen MR) is 82.1 cm³/mol. The van der Waals surface area contributed by atoms with Crippen molar-refractivity contribution < 1.29 is 9.47 Å². The van der Waals surface area contributed by atoms with E-state index in [1.54, 1.807) is 0 Å². The Morgan fingerprint density at radius 2 is 1.84 bits per heavy atom. The molecule has 0 bridgehead atoms. The molecule has 4 heteroatoms. The third-order valence-electron chi connectivity index (χ3n) is 3.39. The minimum atomic E-state index is 0.0692. The zero-order valence-electron chi connectivity index (χ0n) is 11.3. The molecule has 1 saturated heterocycles. The van der Waals surface area contributed by atoms with Crippen LogP contribution in [-0.4, -0.2) is 23.6 Å². The van der Waals surface area contributed by atoms with Gasteiger partial charge in [0, 0.05) is 10.4 Å². The Morgan fingerprint density at radius 3 is 2.37 bits per heavy atom. The van der Waals surface area contributed by atoms with Gasteiger partial charge in [0.15, 0.2) is 0 Å². The molecule has 0 aromatic heterocycles. The molecule has 1 aromatic rings. The van der Waals surface area contributed by atoms with Gasteiger partial charge in [0.1, 0.15) is 0 Å². The summed E-state index contributed by atoms with van der Waals surface area (Å²) in [5.74, 6) is 0. The fourth-order valence-electron chi connectivity index (χ4n) is 2.57. The van der Waals surface area contributed by atoms with Gasteiger partial charge in [0.25, 0.3) is 0 Å². The van der Waals surface area contributed by atoms with Crippen molar-refractivity contribution in [2.45, 2.75) is 51.1 Å². The SMILES string of the molecule is CC1CC(OC(CBr)c2ccc(Cl)cc2)CC(C)O1. The van der Waals surface area contributed by atoms with Crippen molar-refractivity contribution in [1.29, 1.82) is 0 Å². The van der Waals surface area contributed by atoms with Crippen LogP contribution in [-0.2, 0) is 9.47 Å². The van der Waals surface area contributed by atoms with Crippen molar-refractivity contribution in [2.75, 3.05) is 5.33 Å².